The van der Waals surface area contributed by atoms with Crippen LogP contribution in [0.15, 0.2) is 53.4 Å². The first-order valence-electron chi connectivity index (χ1n) is 7.17. The Balaban J connectivity index is 1.95. The van der Waals surface area contributed by atoms with E-state index in [2.05, 4.69) is 4.28 Å². The van der Waals surface area contributed by atoms with Crippen LogP contribution < -0.4 is 0 Å². The summed E-state index contributed by atoms with van der Waals surface area (Å²) in [4.78, 5) is 23.6. The van der Waals surface area contributed by atoms with Crippen molar-refractivity contribution in [2.45, 2.75) is 17.5 Å². The van der Waals surface area contributed by atoms with Crippen molar-refractivity contribution < 1.29 is 35.5 Å². The number of alkyl halides is 3. The van der Waals surface area contributed by atoms with Crippen LogP contribution in [0.2, 0.25) is 0 Å². The first-order chi connectivity index (χ1) is 12.1. The predicted molar refractivity (Wildman–Crippen MR) is 81.4 cm³/mol. The van der Waals surface area contributed by atoms with E-state index in [1.165, 1.54) is 36.4 Å². The van der Waals surface area contributed by atoms with Crippen LogP contribution >= 0.6 is 0 Å². The molecule has 2 aromatic carbocycles. The Labute approximate surface area is 145 Å². The fraction of sp³-hybridized carbons (Fsp3) is 0.125. The highest BCUT2D eigenvalue weighted by Gasteiger charge is 2.41. The van der Waals surface area contributed by atoms with Crippen molar-refractivity contribution in [2.24, 2.45) is 0 Å². The molecule has 0 aromatic heterocycles. The molecule has 0 bridgehead atoms. The molecule has 0 spiro atoms. The summed E-state index contributed by atoms with van der Waals surface area (Å²) in [5.74, 6) is -2.02. The summed E-state index contributed by atoms with van der Waals surface area (Å²) in [5.41, 5.74) is -0.677. The van der Waals surface area contributed by atoms with Gasteiger partial charge in [-0.15, -0.1) is 9.35 Å². The lowest BCUT2D eigenvalue weighted by molar-refractivity contribution is -0.127. The van der Waals surface area contributed by atoms with E-state index in [1.807, 2.05) is 0 Å². The average Bonchev–Trinajstić information content (AvgIpc) is 2.79. The van der Waals surface area contributed by atoms with Gasteiger partial charge >= 0.3 is 16.3 Å². The lowest BCUT2D eigenvalue weighted by Gasteiger charge is -2.15. The molecular formula is C16H10F3NO5S. The SMILES string of the molecule is O=C1c2ccccc2C(=O)N1OS(=O)(=O)c1ccccc1CC(F)(F)F. The molecule has 3 rings (SSSR count). The zero-order valence-electron chi connectivity index (χ0n) is 12.9. The second-order valence-electron chi connectivity index (χ2n) is 5.38. The Morgan fingerprint density at radius 1 is 0.885 bits per heavy atom. The molecule has 2 amide bonds. The number of carbonyl (C=O) groups excluding carboxylic acids is 2. The third-order valence-corrected chi connectivity index (χ3v) is 4.84. The molecule has 26 heavy (non-hydrogen) atoms. The second-order valence-corrected chi connectivity index (χ2v) is 6.88. The van der Waals surface area contributed by atoms with Crippen molar-refractivity contribution in [3.63, 3.8) is 0 Å². The van der Waals surface area contributed by atoms with Crippen molar-refractivity contribution in [2.75, 3.05) is 0 Å². The summed E-state index contributed by atoms with van der Waals surface area (Å²) < 4.78 is 67.4. The third kappa shape index (κ3) is 3.33. The molecule has 0 radical (unpaired) electrons. The number of hydrogen-bond donors (Lipinski definition) is 0. The predicted octanol–water partition coefficient (Wildman–Crippen LogP) is 2.71. The first-order valence-corrected chi connectivity index (χ1v) is 8.58. The highest BCUT2D eigenvalue weighted by Crippen LogP contribution is 2.29. The summed E-state index contributed by atoms with van der Waals surface area (Å²) in [6.45, 7) is 0. The van der Waals surface area contributed by atoms with Gasteiger partial charge in [-0.05, 0) is 23.8 Å². The van der Waals surface area contributed by atoms with Gasteiger partial charge in [0.2, 0.25) is 0 Å². The third-order valence-electron chi connectivity index (χ3n) is 3.56. The average molecular weight is 385 g/mol. The molecule has 0 N–H and O–H groups in total. The highest BCUT2D eigenvalue weighted by molar-refractivity contribution is 7.86. The lowest BCUT2D eigenvalue weighted by Crippen LogP contribution is -2.33. The molecule has 6 nitrogen and oxygen atoms in total. The van der Waals surface area contributed by atoms with Crippen molar-refractivity contribution in [1.29, 1.82) is 0 Å². The lowest BCUT2D eigenvalue weighted by atomic mass is 10.1. The molecule has 0 atom stereocenters. The number of rotatable bonds is 4. The van der Waals surface area contributed by atoms with E-state index in [0.29, 0.717) is 0 Å². The van der Waals surface area contributed by atoms with Crippen molar-refractivity contribution in [3.8, 4) is 0 Å². The summed E-state index contributed by atoms with van der Waals surface area (Å²) in [6, 6.07) is 9.90. The second kappa shape index (κ2) is 6.22. The number of imide groups is 1. The number of hydrogen-bond acceptors (Lipinski definition) is 5. The first kappa shape index (κ1) is 18.1. The number of fused-ring (bicyclic) bond motifs is 1. The number of benzene rings is 2. The molecule has 0 saturated carbocycles. The van der Waals surface area contributed by atoms with E-state index in [4.69, 9.17) is 0 Å². The molecule has 1 heterocycles. The minimum Gasteiger partial charge on any atom is -0.266 e. The van der Waals surface area contributed by atoms with Gasteiger partial charge in [0.15, 0.2) is 0 Å². The van der Waals surface area contributed by atoms with Crippen LogP contribution in [0.5, 0.6) is 0 Å². The fourth-order valence-electron chi connectivity index (χ4n) is 2.48. The van der Waals surface area contributed by atoms with Gasteiger partial charge in [-0.3, -0.25) is 9.59 Å². The topological polar surface area (TPSA) is 80.8 Å². The van der Waals surface area contributed by atoms with E-state index in [1.54, 1.807) is 0 Å². The monoisotopic (exact) mass is 385 g/mol. The summed E-state index contributed by atoms with van der Waals surface area (Å²) in [6.07, 6.45) is -6.16. The number of carbonyl (C=O) groups is 2. The Bertz CT molecular complexity index is 966. The van der Waals surface area contributed by atoms with E-state index < -0.39 is 45.0 Å². The maximum absolute atomic E-state index is 12.7. The van der Waals surface area contributed by atoms with Crippen LogP contribution in [0.3, 0.4) is 0 Å². The van der Waals surface area contributed by atoms with Gasteiger partial charge in [-0.1, -0.05) is 30.3 Å². The minimum absolute atomic E-state index is 0.0321. The van der Waals surface area contributed by atoms with E-state index >= 15 is 0 Å². The quantitative estimate of drug-likeness (QED) is 0.756. The van der Waals surface area contributed by atoms with Gasteiger partial charge in [-0.25, -0.2) is 0 Å². The smallest absolute Gasteiger partial charge is 0.266 e. The van der Waals surface area contributed by atoms with Gasteiger partial charge in [0, 0.05) is 0 Å². The van der Waals surface area contributed by atoms with E-state index in [-0.39, 0.29) is 16.2 Å². The number of nitrogens with zero attached hydrogens (tertiary/aromatic N) is 1. The standard InChI is InChI=1S/C16H10F3NO5S/c17-16(18,19)9-10-5-1-4-8-13(10)26(23,24)25-20-14(21)11-6-2-3-7-12(11)15(20)22/h1-8H,9H2. The van der Waals surface area contributed by atoms with Crippen LogP contribution in [0.25, 0.3) is 0 Å². The maximum atomic E-state index is 12.7. The van der Waals surface area contributed by atoms with Crippen LogP contribution in [-0.2, 0) is 20.8 Å². The molecule has 136 valence electrons. The van der Waals surface area contributed by atoms with Crippen LogP contribution in [0, 0.1) is 0 Å². The molecule has 1 aliphatic heterocycles. The van der Waals surface area contributed by atoms with Crippen molar-refractivity contribution >= 4 is 21.9 Å². The van der Waals surface area contributed by atoms with Crippen LogP contribution in [0.1, 0.15) is 26.3 Å². The summed E-state index contributed by atoms with van der Waals surface area (Å²) in [5, 5.41) is 0.0321. The number of halogens is 3. The Hall–Kier alpha value is -2.72. The zero-order valence-corrected chi connectivity index (χ0v) is 13.7. The van der Waals surface area contributed by atoms with Crippen molar-refractivity contribution in [1.82, 2.24) is 5.06 Å². The Morgan fingerprint density at radius 2 is 1.38 bits per heavy atom. The Kier molecular flexibility index (Phi) is 4.32. The summed E-state index contributed by atoms with van der Waals surface area (Å²) >= 11 is 0. The number of amides is 2. The largest absolute Gasteiger partial charge is 0.393 e. The van der Waals surface area contributed by atoms with Gasteiger partial charge < -0.3 is 0 Å². The van der Waals surface area contributed by atoms with Gasteiger partial charge in [-0.2, -0.15) is 21.6 Å². The van der Waals surface area contributed by atoms with Crippen LogP contribution in [-0.4, -0.2) is 31.5 Å². The van der Waals surface area contributed by atoms with Crippen LogP contribution in [0.4, 0.5) is 13.2 Å². The molecule has 10 heteroatoms. The molecule has 0 saturated heterocycles. The normalized spacial score (nSPS) is 14.7. The fourth-order valence-corrected chi connectivity index (χ4v) is 3.60. The molecule has 0 unspecified atom stereocenters. The van der Waals surface area contributed by atoms with E-state index in [9.17, 15) is 31.2 Å². The molecular weight excluding hydrogens is 375 g/mol. The van der Waals surface area contributed by atoms with Gasteiger partial charge in [0.25, 0.3) is 11.8 Å². The van der Waals surface area contributed by atoms with Crippen molar-refractivity contribution in [3.05, 3.63) is 65.2 Å². The molecule has 2 aromatic rings. The minimum atomic E-state index is -4.85. The van der Waals surface area contributed by atoms with Gasteiger partial charge in [0.1, 0.15) is 0 Å². The Morgan fingerprint density at radius 3 is 1.92 bits per heavy atom. The number of hydroxylamine groups is 2. The zero-order chi connectivity index (χ0) is 19.1. The molecule has 0 aliphatic carbocycles. The highest BCUT2D eigenvalue weighted by atomic mass is 32.2. The summed E-state index contributed by atoms with van der Waals surface area (Å²) in [7, 11) is -4.85. The maximum Gasteiger partial charge on any atom is 0.393 e. The van der Waals surface area contributed by atoms with Gasteiger partial charge in [0.05, 0.1) is 22.4 Å². The van der Waals surface area contributed by atoms with E-state index in [0.717, 1.165) is 12.1 Å². The molecule has 0 fully saturated rings. The molecule has 1 aliphatic rings.